The first kappa shape index (κ1) is 15.8. The molecule has 0 aromatic carbocycles. The molecule has 0 atom stereocenters. The molecule has 0 unspecified atom stereocenters. The second-order valence-electron chi connectivity index (χ2n) is 5.69. The maximum Gasteiger partial charge on any atom is 0.319 e. The molecule has 21 heavy (non-hydrogen) atoms. The lowest BCUT2D eigenvalue weighted by atomic mass is 9.96. The zero-order valence-electron chi connectivity index (χ0n) is 13.4. The first-order valence-corrected chi connectivity index (χ1v) is 7.38. The highest BCUT2D eigenvalue weighted by atomic mass is 16.5. The average molecular weight is 295 g/mol. The Labute approximate surface area is 125 Å². The number of carbonyl (C=O) groups is 1. The van der Waals surface area contributed by atoms with Gasteiger partial charge in [0, 0.05) is 53.7 Å². The van der Waals surface area contributed by atoms with Crippen LogP contribution in [0.2, 0.25) is 0 Å². The number of aromatic nitrogens is 3. The van der Waals surface area contributed by atoms with Gasteiger partial charge in [-0.1, -0.05) is 0 Å². The third-order valence-electron chi connectivity index (χ3n) is 3.88. The molecule has 1 aliphatic rings. The van der Waals surface area contributed by atoms with Crippen molar-refractivity contribution in [3.63, 3.8) is 0 Å². The van der Waals surface area contributed by atoms with Crippen LogP contribution in [0.4, 0.5) is 4.79 Å². The van der Waals surface area contributed by atoms with E-state index in [1.165, 1.54) is 0 Å². The number of likely N-dealkylation sites (tertiary alicyclic amines) is 1. The molecule has 1 saturated heterocycles. The Morgan fingerprint density at radius 1 is 1.38 bits per heavy atom. The summed E-state index contributed by atoms with van der Waals surface area (Å²) in [6.45, 7) is 2.20. The number of aryl methyl sites for hydroxylation is 1. The minimum atomic E-state index is 0.0900. The molecule has 0 radical (unpaired) electrons. The molecule has 7 heteroatoms. The maximum absolute atomic E-state index is 11.9. The van der Waals surface area contributed by atoms with Crippen LogP contribution in [-0.4, -0.2) is 71.5 Å². The van der Waals surface area contributed by atoms with Gasteiger partial charge in [-0.3, -0.25) is 4.68 Å². The summed E-state index contributed by atoms with van der Waals surface area (Å²) in [5.74, 6) is 2.24. The van der Waals surface area contributed by atoms with Gasteiger partial charge in [-0.25, -0.2) is 9.78 Å². The van der Waals surface area contributed by atoms with E-state index in [0.717, 1.165) is 44.0 Å². The van der Waals surface area contributed by atoms with Crippen molar-refractivity contribution in [3.8, 4) is 0 Å². The number of carbonyl (C=O) groups excluding carboxylic acids is 1. The van der Waals surface area contributed by atoms with Gasteiger partial charge in [-0.15, -0.1) is 0 Å². The topological polar surface area (TPSA) is 63.5 Å². The van der Waals surface area contributed by atoms with Crippen molar-refractivity contribution in [2.45, 2.75) is 25.2 Å². The Hall–Kier alpha value is -1.63. The second kappa shape index (κ2) is 6.89. The zero-order valence-corrected chi connectivity index (χ0v) is 13.4. The molecule has 0 N–H and O–H groups in total. The maximum atomic E-state index is 11.9. The summed E-state index contributed by atoms with van der Waals surface area (Å²) in [4.78, 5) is 20.1. The Kier molecular flexibility index (Phi) is 5.17. The molecule has 0 saturated carbocycles. The highest BCUT2D eigenvalue weighted by Crippen LogP contribution is 2.26. The van der Waals surface area contributed by atoms with Crippen molar-refractivity contribution in [1.82, 2.24) is 24.6 Å². The first-order valence-electron chi connectivity index (χ1n) is 7.38. The van der Waals surface area contributed by atoms with Crippen molar-refractivity contribution in [2.75, 3.05) is 40.9 Å². The normalized spacial score (nSPS) is 16.3. The number of piperidine rings is 1. The second-order valence-corrected chi connectivity index (χ2v) is 5.69. The highest BCUT2D eigenvalue weighted by Gasteiger charge is 2.27. The lowest BCUT2D eigenvalue weighted by Crippen LogP contribution is -2.43. The number of hydrogen-bond donors (Lipinski definition) is 0. The van der Waals surface area contributed by atoms with Crippen LogP contribution >= 0.6 is 0 Å². The molecule has 1 aliphatic heterocycles. The van der Waals surface area contributed by atoms with E-state index in [1.807, 2.05) is 16.6 Å². The van der Waals surface area contributed by atoms with Gasteiger partial charge in [0.1, 0.15) is 5.82 Å². The van der Waals surface area contributed by atoms with E-state index in [9.17, 15) is 4.79 Å². The fourth-order valence-electron chi connectivity index (χ4n) is 2.72. The molecule has 0 bridgehead atoms. The SMILES string of the molecule is COCCc1nc(C2CCN(C(=O)N(C)C)CC2)n(C)n1. The number of hydrogen-bond acceptors (Lipinski definition) is 4. The number of amides is 2. The number of methoxy groups -OCH3 is 1. The summed E-state index contributed by atoms with van der Waals surface area (Å²) in [5.41, 5.74) is 0. The minimum Gasteiger partial charge on any atom is -0.384 e. The predicted molar refractivity (Wildman–Crippen MR) is 79.2 cm³/mol. The largest absolute Gasteiger partial charge is 0.384 e. The van der Waals surface area contributed by atoms with E-state index >= 15 is 0 Å². The summed E-state index contributed by atoms with van der Waals surface area (Å²) in [6.07, 6.45) is 2.62. The van der Waals surface area contributed by atoms with E-state index in [-0.39, 0.29) is 6.03 Å². The van der Waals surface area contributed by atoms with E-state index < -0.39 is 0 Å². The van der Waals surface area contributed by atoms with Crippen molar-refractivity contribution >= 4 is 6.03 Å². The molecule has 1 aromatic rings. The van der Waals surface area contributed by atoms with Gasteiger partial charge in [0.05, 0.1) is 6.61 Å². The average Bonchev–Trinajstić information content (AvgIpc) is 2.85. The third kappa shape index (κ3) is 3.72. The van der Waals surface area contributed by atoms with Crippen LogP contribution in [0, 0.1) is 0 Å². The molecule has 2 rings (SSSR count). The standard InChI is InChI=1S/C14H25N5O2/c1-17(2)14(20)19-8-5-11(6-9-19)13-15-12(7-10-21-4)16-18(13)3/h11H,5-10H2,1-4H3. The summed E-state index contributed by atoms with van der Waals surface area (Å²) >= 11 is 0. The van der Waals surface area contributed by atoms with Crippen molar-refractivity contribution in [3.05, 3.63) is 11.6 Å². The predicted octanol–water partition coefficient (Wildman–Crippen LogP) is 0.865. The van der Waals surface area contributed by atoms with Gasteiger partial charge in [0.15, 0.2) is 5.82 Å². The molecular formula is C14H25N5O2. The zero-order chi connectivity index (χ0) is 15.4. The Morgan fingerprint density at radius 3 is 2.62 bits per heavy atom. The lowest BCUT2D eigenvalue weighted by molar-refractivity contribution is 0.155. The number of ether oxygens (including phenoxy) is 1. The van der Waals surface area contributed by atoms with Crippen LogP contribution in [0.3, 0.4) is 0 Å². The van der Waals surface area contributed by atoms with E-state index in [2.05, 4.69) is 10.1 Å². The van der Waals surface area contributed by atoms with Crippen LogP contribution in [0.5, 0.6) is 0 Å². The molecule has 7 nitrogen and oxygen atoms in total. The Balaban J connectivity index is 1.96. The fourth-order valence-corrected chi connectivity index (χ4v) is 2.72. The highest BCUT2D eigenvalue weighted by molar-refractivity contribution is 5.73. The van der Waals surface area contributed by atoms with Crippen LogP contribution < -0.4 is 0 Å². The number of nitrogens with zero attached hydrogens (tertiary/aromatic N) is 5. The van der Waals surface area contributed by atoms with Crippen molar-refractivity contribution in [1.29, 1.82) is 0 Å². The van der Waals surface area contributed by atoms with Crippen molar-refractivity contribution < 1.29 is 9.53 Å². The molecule has 0 spiro atoms. The molecule has 0 aliphatic carbocycles. The summed E-state index contributed by atoms with van der Waals surface area (Å²) < 4.78 is 6.94. The fraction of sp³-hybridized carbons (Fsp3) is 0.786. The monoisotopic (exact) mass is 295 g/mol. The van der Waals surface area contributed by atoms with Gasteiger partial charge < -0.3 is 14.5 Å². The van der Waals surface area contributed by atoms with E-state index in [4.69, 9.17) is 4.74 Å². The first-order chi connectivity index (χ1) is 10.0. The third-order valence-corrected chi connectivity index (χ3v) is 3.88. The molecule has 2 amide bonds. The Bertz CT molecular complexity index is 478. The van der Waals surface area contributed by atoms with Gasteiger partial charge in [0.25, 0.3) is 0 Å². The van der Waals surface area contributed by atoms with E-state index in [1.54, 1.807) is 26.1 Å². The smallest absolute Gasteiger partial charge is 0.319 e. The van der Waals surface area contributed by atoms with Gasteiger partial charge >= 0.3 is 6.03 Å². The quantitative estimate of drug-likeness (QED) is 0.826. The van der Waals surface area contributed by atoms with Crippen LogP contribution in [-0.2, 0) is 18.2 Å². The van der Waals surface area contributed by atoms with Gasteiger partial charge in [0.2, 0.25) is 0 Å². The lowest BCUT2D eigenvalue weighted by Gasteiger charge is -2.33. The molecule has 1 fully saturated rings. The number of urea groups is 1. The molecule has 2 heterocycles. The molecule has 1 aromatic heterocycles. The Morgan fingerprint density at radius 2 is 2.05 bits per heavy atom. The van der Waals surface area contributed by atoms with Crippen LogP contribution in [0.1, 0.15) is 30.4 Å². The number of rotatable bonds is 4. The molecular weight excluding hydrogens is 270 g/mol. The summed E-state index contributed by atoms with van der Waals surface area (Å²) in [5, 5.41) is 4.44. The summed E-state index contributed by atoms with van der Waals surface area (Å²) in [6, 6.07) is 0.0900. The minimum absolute atomic E-state index is 0.0900. The van der Waals surface area contributed by atoms with Crippen molar-refractivity contribution in [2.24, 2.45) is 7.05 Å². The van der Waals surface area contributed by atoms with Crippen LogP contribution in [0.25, 0.3) is 0 Å². The van der Waals surface area contributed by atoms with Gasteiger partial charge in [-0.05, 0) is 12.8 Å². The van der Waals surface area contributed by atoms with Gasteiger partial charge in [-0.2, -0.15) is 5.10 Å². The summed E-state index contributed by atoms with van der Waals surface area (Å²) in [7, 11) is 7.20. The molecule has 118 valence electrons. The van der Waals surface area contributed by atoms with Crippen LogP contribution in [0.15, 0.2) is 0 Å². The van der Waals surface area contributed by atoms with E-state index in [0.29, 0.717) is 12.5 Å².